The summed E-state index contributed by atoms with van der Waals surface area (Å²) in [6.07, 6.45) is 4.83. The molecule has 0 saturated carbocycles. The van der Waals surface area contributed by atoms with Crippen LogP contribution in [-0.4, -0.2) is 47.2 Å². The van der Waals surface area contributed by atoms with Crippen molar-refractivity contribution in [2.75, 3.05) is 36.2 Å². The van der Waals surface area contributed by atoms with E-state index >= 15 is 0 Å². The van der Waals surface area contributed by atoms with Crippen LogP contribution in [0.4, 0.5) is 11.6 Å². The second kappa shape index (κ2) is 7.06. The Balaban J connectivity index is 1.51. The van der Waals surface area contributed by atoms with Crippen LogP contribution >= 0.6 is 0 Å². The maximum absolute atomic E-state index is 11.2. The highest BCUT2D eigenvalue weighted by Crippen LogP contribution is 2.27. The van der Waals surface area contributed by atoms with Crippen molar-refractivity contribution in [2.24, 2.45) is 0 Å². The van der Waals surface area contributed by atoms with Gasteiger partial charge in [0, 0.05) is 31.4 Å². The standard InChI is InChI=1S/C20H20N6O2/c27-14-16-12-19-21-18(13-20(26(19)22-16)24-8-10-28-11-9-24)25-7-6-17(23-25)15-4-2-1-3-5-15/h1-7,12-14,17,23H,8-11H2. The quantitative estimate of drug-likeness (QED) is 0.698. The second-order valence-corrected chi connectivity index (χ2v) is 6.76. The lowest BCUT2D eigenvalue weighted by Crippen LogP contribution is -2.38. The predicted octanol–water partition coefficient (Wildman–Crippen LogP) is 1.96. The van der Waals surface area contributed by atoms with Crippen molar-refractivity contribution in [3.8, 4) is 0 Å². The first kappa shape index (κ1) is 16.9. The van der Waals surface area contributed by atoms with Crippen LogP contribution in [-0.2, 0) is 4.74 Å². The van der Waals surface area contributed by atoms with Gasteiger partial charge in [0.1, 0.15) is 11.5 Å². The van der Waals surface area contributed by atoms with Crippen molar-refractivity contribution in [3.05, 3.63) is 66.0 Å². The Morgan fingerprint density at radius 1 is 1.14 bits per heavy atom. The summed E-state index contributed by atoms with van der Waals surface area (Å²) in [5, 5.41) is 6.30. The summed E-state index contributed by atoms with van der Waals surface area (Å²) in [5.74, 6) is 1.65. The summed E-state index contributed by atoms with van der Waals surface area (Å²) in [6.45, 7) is 2.87. The molecule has 1 aromatic carbocycles. The summed E-state index contributed by atoms with van der Waals surface area (Å²) in [6, 6.07) is 14.0. The van der Waals surface area contributed by atoms with Gasteiger partial charge >= 0.3 is 0 Å². The van der Waals surface area contributed by atoms with E-state index in [4.69, 9.17) is 9.72 Å². The molecule has 2 aromatic heterocycles. The number of benzene rings is 1. The fraction of sp³-hybridized carbons (Fsp3) is 0.250. The number of aromatic nitrogens is 3. The third kappa shape index (κ3) is 3.02. The first-order chi connectivity index (χ1) is 13.8. The van der Waals surface area contributed by atoms with Crippen LogP contribution < -0.4 is 15.3 Å². The third-order valence-electron chi connectivity index (χ3n) is 4.98. The van der Waals surface area contributed by atoms with E-state index in [1.54, 1.807) is 10.6 Å². The molecule has 2 aliphatic rings. The molecule has 8 heteroatoms. The number of anilines is 2. The number of hydrazine groups is 1. The lowest BCUT2D eigenvalue weighted by atomic mass is 10.1. The third-order valence-corrected chi connectivity index (χ3v) is 4.98. The Hall–Kier alpha value is -3.23. The highest BCUT2D eigenvalue weighted by atomic mass is 16.5. The molecule has 1 saturated heterocycles. The van der Waals surface area contributed by atoms with Crippen LogP contribution in [0.3, 0.4) is 0 Å². The van der Waals surface area contributed by atoms with Gasteiger partial charge in [0.2, 0.25) is 0 Å². The number of nitrogens with zero attached hydrogens (tertiary/aromatic N) is 5. The van der Waals surface area contributed by atoms with Crippen molar-refractivity contribution in [3.63, 3.8) is 0 Å². The molecule has 8 nitrogen and oxygen atoms in total. The Kier molecular flexibility index (Phi) is 4.27. The molecule has 1 N–H and O–H groups in total. The van der Waals surface area contributed by atoms with Crippen LogP contribution in [0, 0.1) is 0 Å². The Morgan fingerprint density at radius 2 is 1.96 bits per heavy atom. The molecule has 2 aliphatic heterocycles. The van der Waals surface area contributed by atoms with E-state index in [0.29, 0.717) is 24.6 Å². The molecule has 1 atom stereocenters. The molecule has 28 heavy (non-hydrogen) atoms. The minimum atomic E-state index is 0.0847. The zero-order valence-electron chi connectivity index (χ0n) is 15.2. The summed E-state index contributed by atoms with van der Waals surface area (Å²) < 4.78 is 7.20. The Bertz CT molecular complexity index is 1030. The number of nitrogens with one attached hydrogen (secondary N) is 1. The molecule has 142 valence electrons. The normalized spacial score (nSPS) is 19.5. The van der Waals surface area contributed by atoms with Crippen LogP contribution in [0.25, 0.3) is 5.65 Å². The van der Waals surface area contributed by atoms with Crippen LogP contribution in [0.2, 0.25) is 0 Å². The maximum atomic E-state index is 11.2. The van der Waals surface area contributed by atoms with E-state index in [1.165, 1.54) is 5.56 Å². The Morgan fingerprint density at radius 3 is 2.75 bits per heavy atom. The van der Waals surface area contributed by atoms with E-state index < -0.39 is 0 Å². The molecular formula is C20H20N6O2. The van der Waals surface area contributed by atoms with Crippen molar-refractivity contribution in [2.45, 2.75) is 6.04 Å². The molecule has 0 bridgehead atoms. The molecule has 1 unspecified atom stereocenters. The maximum Gasteiger partial charge on any atom is 0.170 e. The van der Waals surface area contributed by atoms with E-state index in [0.717, 1.165) is 31.0 Å². The van der Waals surface area contributed by atoms with Crippen LogP contribution in [0.15, 0.2) is 54.7 Å². The second-order valence-electron chi connectivity index (χ2n) is 6.76. The van der Waals surface area contributed by atoms with Gasteiger partial charge in [0.25, 0.3) is 0 Å². The highest BCUT2D eigenvalue weighted by molar-refractivity contribution is 5.75. The lowest BCUT2D eigenvalue weighted by Gasteiger charge is -2.29. The smallest absolute Gasteiger partial charge is 0.170 e. The van der Waals surface area contributed by atoms with Gasteiger partial charge in [-0.1, -0.05) is 30.3 Å². The average Bonchev–Trinajstić information content (AvgIpc) is 3.41. The summed E-state index contributed by atoms with van der Waals surface area (Å²) in [5.41, 5.74) is 5.65. The minimum Gasteiger partial charge on any atom is -0.378 e. The van der Waals surface area contributed by atoms with Crippen LogP contribution in [0.5, 0.6) is 0 Å². The highest BCUT2D eigenvalue weighted by Gasteiger charge is 2.23. The van der Waals surface area contributed by atoms with Crippen molar-refractivity contribution in [1.82, 2.24) is 20.0 Å². The van der Waals surface area contributed by atoms with Gasteiger partial charge < -0.3 is 9.64 Å². The van der Waals surface area contributed by atoms with Gasteiger partial charge in [-0.05, 0) is 11.6 Å². The molecule has 5 rings (SSSR count). The van der Waals surface area contributed by atoms with E-state index in [-0.39, 0.29) is 6.04 Å². The SMILES string of the molecule is O=Cc1cc2nc(N3C=CC(c4ccccc4)N3)cc(N3CCOCC3)n2n1. The molecule has 3 aromatic rings. The predicted molar refractivity (Wildman–Crippen MR) is 105 cm³/mol. The number of hydrogen-bond acceptors (Lipinski definition) is 7. The fourth-order valence-corrected chi connectivity index (χ4v) is 3.56. The molecule has 0 radical (unpaired) electrons. The van der Waals surface area contributed by atoms with Gasteiger partial charge in [0.15, 0.2) is 17.8 Å². The number of aldehydes is 1. The van der Waals surface area contributed by atoms with E-state index in [1.807, 2.05) is 35.5 Å². The number of carbonyl (C=O) groups excluding carboxylic acids is 1. The number of morpholine rings is 1. The van der Waals surface area contributed by atoms with Gasteiger partial charge in [-0.3, -0.25) is 9.80 Å². The van der Waals surface area contributed by atoms with Crippen molar-refractivity contribution in [1.29, 1.82) is 0 Å². The fourth-order valence-electron chi connectivity index (χ4n) is 3.56. The summed E-state index contributed by atoms with van der Waals surface area (Å²) >= 11 is 0. The van der Waals surface area contributed by atoms with E-state index in [2.05, 4.69) is 33.6 Å². The molecule has 1 fully saturated rings. The summed E-state index contributed by atoms with van der Waals surface area (Å²) in [7, 11) is 0. The number of fused-ring (bicyclic) bond motifs is 1. The largest absolute Gasteiger partial charge is 0.378 e. The number of hydrogen-bond donors (Lipinski definition) is 1. The molecule has 4 heterocycles. The lowest BCUT2D eigenvalue weighted by molar-refractivity contribution is 0.111. The molecule has 0 amide bonds. The number of carbonyl (C=O) groups is 1. The van der Waals surface area contributed by atoms with Gasteiger partial charge in [-0.15, -0.1) is 0 Å². The molecular weight excluding hydrogens is 356 g/mol. The van der Waals surface area contributed by atoms with Gasteiger partial charge in [-0.25, -0.2) is 10.4 Å². The van der Waals surface area contributed by atoms with Crippen molar-refractivity contribution < 1.29 is 9.53 Å². The van der Waals surface area contributed by atoms with Crippen LogP contribution in [0.1, 0.15) is 22.1 Å². The molecule has 0 spiro atoms. The van der Waals surface area contributed by atoms with Gasteiger partial charge in [-0.2, -0.15) is 9.61 Å². The zero-order chi connectivity index (χ0) is 18.9. The average molecular weight is 376 g/mol. The monoisotopic (exact) mass is 376 g/mol. The Labute approximate surface area is 162 Å². The first-order valence-corrected chi connectivity index (χ1v) is 9.29. The summed E-state index contributed by atoms with van der Waals surface area (Å²) in [4.78, 5) is 18.1. The molecule has 0 aliphatic carbocycles. The topological polar surface area (TPSA) is 75.0 Å². The number of rotatable bonds is 4. The first-order valence-electron chi connectivity index (χ1n) is 9.29. The van der Waals surface area contributed by atoms with Gasteiger partial charge in [0.05, 0.1) is 19.3 Å². The van der Waals surface area contributed by atoms with E-state index in [9.17, 15) is 4.79 Å². The minimum absolute atomic E-state index is 0.0847. The zero-order valence-corrected chi connectivity index (χ0v) is 15.2. The van der Waals surface area contributed by atoms with Crippen molar-refractivity contribution >= 4 is 23.6 Å². The number of ether oxygens (including phenoxy) is 1.